The van der Waals surface area contributed by atoms with Gasteiger partial charge < -0.3 is 4.90 Å². The van der Waals surface area contributed by atoms with Crippen LogP contribution in [0.1, 0.15) is 24.0 Å². The summed E-state index contributed by atoms with van der Waals surface area (Å²) in [4.78, 5) is 6.69. The van der Waals surface area contributed by atoms with Crippen molar-refractivity contribution in [2.45, 2.75) is 26.7 Å². The molecule has 2 heterocycles. The Morgan fingerprint density at radius 2 is 1.85 bits per heavy atom. The number of anilines is 1. The average molecular weight is 176 g/mol. The molecular formula is C11H16N2. The lowest BCUT2D eigenvalue weighted by Gasteiger charge is -2.20. The maximum absolute atomic E-state index is 4.25. The largest absolute Gasteiger partial charge is 0.370 e. The Kier molecular flexibility index (Phi) is 2.21. The quantitative estimate of drug-likeness (QED) is 0.652. The van der Waals surface area contributed by atoms with Crippen LogP contribution in [0.4, 0.5) is 5.69 Å². The molecule has 13 heavy (non-hydrogen) atoms. The van der Waals surface area contributed by atoms with Gasteiger partial charge in [-0.25, -0.2) is 0 Å². The molecule has 1 aromatic heterocycles. The third kappa shape index (κ3) is 1.53. The van der Waals surface area contributed by atoms with Gasteiger partial charge in [0.15, 0.2) is 0 Å². The van der Waals surface area contributed by atoms with Crippen molar-refractivity contribution in [1.29, 1.82) is 0 Å². The highest BCUT2D eigenvalue weighted by molar-refractivity contribution is 5.54. The van der Waals surface area contributed by atoms with Crippen molar-refractivity contribution in [1.82, 2.24) is 4.98 Å². The van der Waals surface area contributed by atoms with Gasteiger partial charge in [-0.05, 0) is 37.8 Å². The highest BCUT2D eigenvalue weighted by atomic mass is 15.1. The summed E-state index contributed by atoms with van der Waals surface area (Å²) in [5.74, 6) is 0. The molecule has 2 rings (SSSR count). The van der Waals surface area contributed by atoms with E-state index in [1.54, 1.807) is 0 Å². The summed E-state index contributed by atoms with van der Waals surface area (Å²) in [6.45, 7) is 6.71. The SMILES string of the molecule is Cc1cncc(N2CCCC2)c1C. The number of hydrogen-bond acceptors (Lipinski definition) is 2. The number of aromatic nitrogens is 1. The molecule has 0 N–H and O–H groups in total. The molecule has 0 unspecified atom stereocenters. The van der Waals surface area contributed by atoms with Gasteiger partial charge in [0.25, 0.3) is 0 Å². The third-order valence-corrected chi connectivity index (χ3v) is 2.89. The molecule has 2 heteroatoms. The van der Waals surface area contributed by atoms with Crippen LogP contribution in [0, 0.1) is 13.8 Å². The molecule has 1 saturated heterocycles. The Labute approximate surface area is 79.6 Å². The maximum Gasteiger partial charge on any atom is 0.0585 e. The Hall–Kier alpha value is -1.05. The predicted molar refractivity (Wildman–Crippen MR) is 55.2 cm³/mol. The number of hydrogen-bond donors (Lipinski definition) is 0. The molecule has 0 bridgehead atoms. The number of nitrogens with zero attached hydrogens (tertiary/aromatic N) is 2. The van der Waals surface area contributed by atoms with Crippen LogP contribution in [0.25, 0.3) is 0 Å². The third-order valence-electron chi connectivity index (χ3n) is 2.89. The van der Waals surface area contributed by atoms with Crippen LogP contribution in [0.2, 0.25) is 0 Å². The zero-order chi connectivity index (χ0) is 9.26. The first kappa shape index (κ1) is 8.54. The van der Waals surface area contributed by atoms with E-state index in [0.717, 1.165) is 0 Å². The minimum Gasteiger partial charge on any atom is -0.370 e. The first-order chi connectivity index (χ1) is 6.29. The molecule has 0 radical (unpaired) electrons. The second kappa shape index (κ2) is 3.36. The van der Waals surface area contributed by atoms with Gasteiger partial charge in [-0.2, -0.15) is 0 Å². The molecule has 0 amide bonds. The molecule has 0 saturated carbocycles. The Morgan fingerprint density at radius 3 is 2.54 bits per heavy atom. The lowest BCUT2D eigenvalue weighted by Crippen LogP contribution is -2.19. The summed E-state index contributed by atoms with van der Waals surface area (Å²) in [5.41, 5.74) is 4.01. The van der Waals surface area contributed by atoms with Gasteiger partial charge in [-0.15, -0.1) is 0 Å². The van der Waals surface area contributed by atoms with E-state index in [-0.39, 0.29) is 0 Å². The van der Waals surface area contributed by atoms with Crippen LogP contribution in [0.5, 0.6) is 0 Å². The fourth-order valence-corrected chi connectivity index (χ4v) is 1.89. The first-order valence-corrected chi connectivity index (χ1v) is 4.95. The van der Waals surface area contributed by atoms with Crippen LogP contribution in [0.3, 0.4) is 0 Å². The van der Waals surface area contributed by atoms with Gasteiger partial charge in [0.2, 0.25) is 0 Å². The lowest BCUT2D eigenvalue weighted by atomic mass is 10.1. The van der Waals surface area contributed by atoms with Gasteiger partial charge in [-0.1, -0.05) is 0 Å². The smallest absolute Gasteiger partial charge is 0.0585 e. The monoisotopic (exact) mass is 176 g/mol. The molecule has 2 nitrogen and oxygen atoms in total. The fourth-order valence-electron chi connectivity index (χ4n) is 1.89. The zero-order valence-corrected chi connectivity index (χ0v) is 8.38. The Morgan fingerprint density at radius 1 is 1.15 bits per heavy atom. The van der Waals surface area contributed by atoms with Crippen molar-refractivity contribution in [3.63, 3.8) is 0 Å². The van der Waals surface area contributed by atoms with Gasteiger partial charge in [0.1, 0.15) is 0 Å². The van der Waals surface area contributed by atoms with E-state index < -0.39 is 0 Å². The van der Waals surface area contributed by atoms with Gasteiger partial charge >= 0.3 is 0 Å². The topological polar surface area (TPSA) is 16.1 Å². The van der Waals surface area contributed by atoms with Crippen molar-refractivity contribution in [2.75, 3.05) is 18.0 Å². The van der Waals surface area contributed by atoms with E-state index in [1.165, 1.54) is 42.7 Å². The first-order valence-electron chi connectivity index (χ1n) is 4.95. The zero-order valence-electron chi connectivity index (χ0n) is 8.38. The summed E-state index contributed by atoms with van der Waals surface area (Å²) < 4.78 is 0. The number of aryl methyl sites for hydroxylation is 1. The molecular weight excluding hydrogens is 160 g/mol. The minimum absolute atomic E-state index is 1.20. The van der Waals surface area contributed by atoms with Crippen LogP contribution in [0.15, 0.2) is 12.4 Å². The Balaban J connectivity index is 2.33. The standard InChI is InChI=1S/C11H16N2/c1-9-7-12-8-11(10(9)2)13-5-3-4-6-13/h7-8H,3-6H2,1-2H3. The average Bonchev–Trinajstić information content (AvgIpc) is 2.62. The van der Waals surface area contributed by atoms with Crippen molar-refractivity contribution in [2.24, 2.45) is 0 Å². The van der Waals surface area contributed by atoms with Crippen LogP contribution >= 0.6 is 0 Å². The Bertz CT molecular complexity index is 301. The molecule has 0 aromatic carbocycles. The summed E-state index contributed by atoms with van der Waals surface area (Å²) in [6, 6.07) is 0. The van der Waals surface area contributed by atoms with Gasteiger partial charge in [0, 0.05) is 19.3 Å². The van der Waals surface area contributed by atoms with Crippen LogP contribution in [-0.2, 0) is 0 Å². The van der Waals surface area contributed by atoms with Crippen molar-refractivity contribution in [3.8, 4) is 0 Å². The highest BCUT2D eigenvalue weighted by Crippen LogP contribution is 2.24. The molecule has 0 spiro atoms. The second-order valence-electron chi connectivity index (χ2n) is 3.79. The molecule has 0 atom stereocenters. The van der Waals surface area contributed by atoms with E-state index in [4.69, 9.17) is 0 Å². The minimum atomic E-state index is 1.20. The molecule has 1 aromatic rings. The highest BCUT2D eigenvalue weighted by Gasteiger charge is 2.14. The van der Waals surface area contributed by atoms with E-state index >= 15 is 0 Å². The molecule has 1 fully saturated rings. The maximum atomic E-state index is 4.25. The summed E-state index contributed by atoms with van der Waals surface area (Å²) >= 11 is 0. The normalized spacial score (nSPS) is 16.6. The van der Waals surface area contributed by atoms with Crippen LogP contribution < -0.4 is 4.90 Å². The number of rotatable bonds is 1. The fraction of sp³-hybridized carbons (Fsp3) is 0.545. The van der Waals surface area contributed by atoms with Crippen LogP contribution in [-0.4, -0.2) is 18.1 Å². The lowest BCUT2D eigenvalue weighted by molar-refractivity contribution is 0.949. The number of pyridine rings is 1. The van der Waals surface area contributed by atoms with Gasteiger partial charge in [-0.3, -0.25) is 4.98 Å². The second-order valence-corrected chi connectivity index (χ2v) is 3.79. The molecule has 1 aliphatic heterocycles. The molecule has 1 aliphatic rings. The summed E-state index contributed by atoms with van der Waals surface area (Å²) in [7, 11) is 0. The van der Waals surface area contributed by atoms with E-state index in [0.29, 0.717) is 0 Å². The summed E-state index contributed by atoms with van der Waals surface area (Å²) in [5, 5.41) is 0. The summed E-state index contributed by atoms with van der Waals surface area (Å²) in [6.07, 6.45) is 6.59. The molecule has 0 aliphatic carbocycles. The van der Waals surface area contributed by atoms with E-state index in [1.807, 2.05) is 12.4 Å². The van der Waals surface area contributed by atoms with E-state index in [9.17, 15) is 0 Å². The predicted octanol–water partition coefficient (Wildman–Crippen LogP) is 2.30. The van der Waals surface area contributed by atoms with Crippen molar-refractivity contribution >= 4 is 5.69 Å². The van der Waals surface area contributed by atoms with E-state index in [2.05, 4.69) is 23.7 Å². The van der Waals surface area contributed by atoms with Crippen molar-refractivity contribution in [3.05, 3.63) is 23.5 Å². The van der Waals surface area contributed by atoms with Crippen molar-refractivity contribution < 1.29 is 0 Å². The van der Waals surface area contributed by atoms with Gasteiger partial charge in [0.05, 0.1) is 11.9 Å². The molecule has 70 valence electrons.